The SMILES string of the molecule is O=C(NCc1cc2nc(N3CCOC(c4cccc5[nH]ncc45)C3)ncc2s1)c1ccccc1. The Morgan fingerprint density at radius 1 is 1.18 bits per heavy atom. The summed E-state index contributed by atoms with van der Waals surface area (Å²) in [4.78, 5) is 25.0. The predicted molar refractivity (Wildman–Crippen MR) is 132 cm³/mol. The van der Waals surface area contributed by atoms with Crippen LogP contribution in [0.3, 0.4) is 0 Å². The average molecular weight is 471 g/mol. The molecule has 1 saturated heterocycles. The van der Waals surface area contributed by atoms with E-state index in [9.17, 15) is 4.79 Å². The highest BCUT2D eigenvalue weighted by atomic mass is 32.1. The number of amides is 1. The van der Waals surface area contributed by atoms with Gasteiger partial charge in [-0.25, -0.2) is 9.97 Å². The number of hydrogen-bond donors (Lipinski definition) is 2. The molecule has 2 N–H and O–H groups in total. The van der Waals surface area contributed by atoms with Crippen molar-refractivity contribution in [2.75, 3.05) is 24.6 Å². The summed E-state index contributed by atoms with van der Waals surface area (Å²) in [5.41, 5.74) is 3.66. The number of hydrogen-bond acceptors (Lipinski definition) is 7. The van der Waals surface area contributed by atoms with E-state index in [1.54, 1.807) is 23.5 Å². The molecule has 0 bridgehead atoms. The van der Waals surface area contributed by atoms with E-state index in [1.165, 1.54) is 0 Å². The second kappa shape index (κ2) is 8.85. The van der Waals surface area contributed by atoms with Gasteiger partial charge in [-0.1, -0.05) is 30.3 Å². The molecule has 1 unspecified atom stereocenters. The quantitative estimate of drug-likeness (QED) is 0.402. The number of aromatic nitrogens is 4. The number of aromatic amines is 1. The molecule has 2 aromatic carbocycles. The molecule has 1 amide bonds. The molecule has 1 aliphatic heterocycles. The Labute approximate surface area is 199 Å². The van der Waals surface area contributed by atoms with Crippen LogP contribution < -0.4 is 10.2 Å². The van der Waals surface area contributed by atoms with Crippen molar-refractivity contribution in [2.24, 2.45) is 0 Å². The van der Waals surface area contributed by atoms with Crippen LogP contribution in [-0.4, -0.2) is 45.8 Å². The molecular formula is C25H22N6O2S. The van der Waals surface area contributed by atoms with Crippen LogP contribution in [0.2, 0.25) is 0 Å². The summed E-state index contributed by atoms with van der Waals surface area (Å²) in [7, 11) is 0. The van der Waals surface area contributed by atoms with Crippen molar-refractivity contribution in [1.82, 2.24) is 25.5 Å². The molecule has 0 spiro atoms. The van der Waals surface area contributed by atoms with E-state index in [1.807, 2.05) is 48.8 Å². The van der Waals surface area contributed by atoms with Gasteiger partial charge in [0.15, 0.2) is 0 Å². The summed E-state index contributed by atoms with van der Waals surface area (Å²) in [6, 6.07) is 17.4. The molecule has 34 heavy (non-hydrogen) atoms. The number of fused-ring (bicyclic) bond motifs is 2. The lowest BCUT2D eigenvalue weighted by Gasteiger charge is -2.33. The summed E-state index contributed by atoms with van der Waals surface area (Å²) in [6.07, 6.45) is 3.63. The van der Waals surface area contributed by atoms with Gasteiger partial charge in [0, 0.05) is 22.4 Å². The molecule has 6 rings (SSSR count). The van der Waals surface area contributed by atoms with E-state index in [0.29, 0.717) is 31.2 Å². The molecule has 5 aromatic rings. The van der Waals surface area contributed by atoms with Crippen molar-refractivity contribution < 1.29 is 9.53 Å². The number of benzene rings is 2. The van der Waals surface area contributed by atoms with Crippen molar-refractivity contribution in [1.29, 1.82) is 0 Å². The lowest BCUT2D eigenvalue weighted by molar-refractivity contribution is 0.0402. The van der Waals surface area contributed by atoms with E-state index < -0.39 is 0 Å². The third kappa shape index (κ3) is 4.00. The van der Waals surface area contributed by atoms with Gasteiger partial charge in [0.2, 0.25) is 5.95 Å². The molecule has 0 aliphatic carbocycles. The van der Waals surface area contributed by atoms with Crippen LogP contribution in [0, 0.1) is 0 Å². The molecule has 0 saturated carbocycles. The topological polar surface area (TPSA) is 96.0 Å². The van der Waals surface area contributed by atoms with Gasteiger partial charge >= 0.3 is 0 Å². The number of ether oxygens (including phenoxy) is 1. The fourth-order valence-corrected chi connectivity index (χ4v) is 5.18. The van der Waals surface area contributed by atoms with Crippen molar-refractivity contribution in [3.8, 4) is 0 Å². The van der Waals surface area contributed by atoms with Crippen LogP contribution in [0.5, 0.6) is 0 Å². The van der Waals surface area contributed by atoms with E-state index in [-0.39, 0.29) is 12.0 Å². The number of rotatable bonds is 5. The van der Waals surface area contributed by atoms with Gasteiger partial charge in [0.1, 0.15) is 6.10 Å². The molecule has 4 heterocycles. The summed E-state index contributed by atoms with van der Waals surface area (Å²) in [5, 5.41) is 11.2. The first-order chi connectivity index (χ1) is 16.7. The standard InChI is InChI=1S/C25H22N6O2S/c32-24(16-5-2-1-3-6-16)26-12-17-11-21-23(34-17)14-27-25(29-21)31-9-10-33-22(15-31)18-7-4-8-20-19(18)13-28-30-20/h1-8,11,13-14,22H,9-10,12,15H2,(H,26,32)(H,28,30). The van der Waals surface area contributed by atoms with Crippen LogP contribution in [0.15, 0.2) is 67.0 Å². The molecule has 1 aliphatic rings. The summed E-state index contributed by atoms with van der Waals surface area (Å²) < 4.78 is 7.10. The normalized spacial score (nSPS) is 16.2. The molecule has 3 aromatic heterocycles. The van der Waals surface area contributed by atoms with E-state index in [4.69, 9.17) is 9.72 Å². The first-order valence-corrected chi connectivity index (χ1v) is 11.9. The van der Waals surface area contributed by atoms with Crippen molar-refractivity contribution in [2.45, 2.75) is 12.6 Å². The Hall–Kier alpha value is -3.82. The number of H-pyrrole nitrogens is 1. The monoisotopic (exact) mass is 470 g/mol. The zero-order chi connectivity index (χ0) is 22.9. The molecule has 1 atom stereocenters. The second-order valence-corrected chi connectivity index (χ2v) is 9.33. The maximum atomic E-state index is 12.3. The largest absolute Gasteiger partial charge is 0.370 e. The molecule has 9 heteroatoms. The number of thiophene rings is 1. The molecule has 1 fully saturated rings. The highest BCUT2D eigenvalue weighted by Gasteiger charge is 2.25. The van der Waals surface area contributed by atoms with Gasteiger partial charge in [-0.15, -0.1) is 11.3 Å². The minimum absolute atomic E-state index is 0.0828. The van der Waals surface area contributed by atoms with Crippen molar-refractivity contribution in [3.05, 3.63) is 83.0 Å². The van der Waals surface area contributed by atoms with Gasteiger partial charge in [0.25, 0.3) is 5.91 Å². The van der Waals surface area contributed by atoms with Crippen LogP contribution in [0.4, 0.5) is 5.95 Å². The number of anilines is 1. The third-order valence-electron chi connectivity index (χ3n) is 5.98. The fourth-order valence-electron chi connectivity index (χ4n) is 4.27. The van der Waals surface area contributed by atoms with Crippen LogP contribution in [0.25, 0.3) is 21.1 Å². The maximum Gasteiger partial charge on any atom is 0.251 e. The Balaban J connectivity index is 1.18. The van der Waals surface area contributed by atoms with Gasteiger partial charge in [-0.3, -0.25) is 9.89 Å². The van der Waals surface area contributed by atoms with E-state index >= 15 is 0 Å². The molecular weight excluding hydrogens is 448 g/mol. The van der Waals surface area contributed by atoms with Gasteiger partial charge in [-0.2, -0.15) is 5.10 Å². The minimum Gasteiger partial charge on any atom is -0.370 e. The lowest BCUT2D eigenvalue weighted by Crippen LogP contribution is -2.39. The van der Waals surface area contributed by atoms with Gasteiger partial charge in [-0.05, 0) is 29.8 Å². The third-order valence-corrected chi connectivity index (χ3v) is 7.04. The van der Waals surface area contributed by atoms with Crippen LogP contribution >= 0.6 is 11.3 Å². The summed E-state index contributed by atoms with van der Waals surface area (Å²) in [6.45, 7) is 2.45. The second-order valence-electron chi connectivity index (χ2n) is 8.16. The minimum atomic E-state index is -0.0863. The first-order valence-electron chi connectivity index (χ1n) is 11.1. The first kappa shape index (κ1) is 20.8. The highest BCUT2D eigenvalue weighted by Crippen LogP contribution is 2.31. The highest BCUT2D eigenvalue weighted by molar-refractivity contribution is 7.18. The van der Waals surface area contributed by atoms with Gasteiger partial charge < -0.3 is 15.0 Å². The number of nitrogens with one attached hydrogen (secondary N) is 2. The fraction of sp³-hybridized carbons (Fsp3) is 0.200. The lowest BCUT2D eigenvalue weighted by atomic mass is 10.0. The molecule has 170 valence electrons. The number of morpholine rings is 1. The van der Waals surface area contributed by atoms with Gasteiger partial charge in [0.05, 0.1) is 47.8 Å². The number of carbonyl (C=O) groups is 1. The zero-order valence-electron chi connectivity index (χ0n) is 18.3. The average Bonchev–Trinajstić information content (AvgIpc) is 3.54. The Bertz CT molecular complexity index is 1460. The van der Waals surface area contributed by atoms with Crippen molar-refractivity contribution in [3.63, 3.8) is 0 Å². The molecule has 0 radical (unpaired) electrons. The Morgan fingerprint density at radius 3 is 3.00 bits per heavy atom. The zero-order valence-corrected chi connectivity index (χ0v) is 19.1. The van der Waals surface area contributed by atoms with E-state index in [0.717, 1.165) is 38.1 Å². The smallest absolute Gasteiger partial charge is 0.251 e. The molecule has 8 nitrogen and oxygen atoms in total. The summed E-state index contributed by atoms with van der Waals surface area (Å²) >= 11 is 1.60. The number of carbonyl (C=O) groups excluding carboxylic acids is 1. The Morgan fingerprint density at radius 2 is 2.09 bits per heavy atom. The van der Waals surface area contributed by atoms with Crippen LogP contribution in [0.1, 0.15) is 26.9 Å². The van der Waals surface area contributed by atoms with Crippen molar-refractivity contribution >= 4 is 44.3 Å². The summed E-state index contributed by atoms with van der Waals surface area (Å²) in [5.74, 6) is 0.606. The maximum absolute atomic E-state index is 12.3. The van der Waals surface area contributed by atoms with Crippen LogP contribution in [-0.2, 0) is 11.3 Å². The van der Waals surface area contributed by atoms with E-state index in [2.05, 4.69) is 31.5 Å². The Kier molecular flexibility index (Phi) is 5.40. The number of nitrogens with zero attached hydrogens (tertiary/aromatic N) is 4. The predicted octanol–water partition coefficient (Wildman–Crippen LogP) is 4.08.